The molecule has 4 heteroatoms. The van der Waals surface area contributed by atoms with Gasteiger partial charge in [-0.1, -0.05) is 13.8 Å². The molecule has 1 heterocycles. The van der Waals surface area contributed by atoms with Gasteiger partial charge >= 0.3 is 0 Å². The van der Waals surface area contributed by atoms with Gasteiger partial charge < -0.3 is 9.69 Å². The molecule has 0 atom stereocenters. The number of rotatable bonds is 5. The Bertz CT molecular complexity index is 335. The fourth-order valence-corrected chi connectivity index (χ4v) is 2.73. The quantitative estimate of drug-likeness (QED) is 0.776. The summed E-state index contributed by atoms with van der Waals surface area (Å²) in [7, 11) is 2.04. The maximum atomic E-state index is 10.8. The highest BCUT2D eigenvalue weighted by Crippen LogP contribution is 2.22. The van der Waals surface area contributed by atoms with E-state index in [0.717, 1.165) is 23.2 Å². The van der Waals surface area contributed by atoms with Crippen LogP contribution in [0, 0.1) is 5.41 Å². The number of hydrogen-bond acceptors (Lipinski definition) is 3. The first-order valence-electron chi connectivity index (χ1n) is 4.81. The van der Waals surface area contributed by atoms with Crippen molar-refractivity contribution >= 4 is 33.6 Å². The number of carbonyl (C=O) groups excluding carboxylic acids is 1. The van der Waals surface area contributed by atoms with Crippen molar-refractivity contribution in [3.63, 3.8) is 0 Å². The van der Waals surface area contributed by atoms with Crippen LogP contribution in [0.3, 0.4) is 0 Å². The lowest BCUT2D eigenvalue weighted by Crippen LogP contribution is -2.31. The van der Waals surface area contributed by atoms with E-state index in [9.17, 15) is 4.79 Å². The lowest BCUT2D eigenvalue weighted by atomic mass is 9.95. The fourth-order valence-electron chi connectivity index (χ4n) is 1.53. The van der Waals surface area contributed by atoms with Gasteiger partial charge in [0.25, 0.3) is 0 Å². The third-order valence-electron chi connectivity index (χ3n) is 2.07. The SMILES string of the molecule is CN(Cc1csc(Br)c1)CC(C)(C)C=O. The third-order valence-corrected chi connectivity index (χ3v) is 3.62. The highest BCUT2D eigenvalue weighted by atomic mass is 79.9. The molecule has 0 aromatic carbocycles. The fraction of sp³-hybridized carbons (Fsp3) is 0.545. The predicted octanol–water partition coefficient (Wildman–Crippen LogP) is 3.17. The molecule has 0 saturated carbocycles. The summed E-state index contributed by atoms with van der Waals surface area (Å²) in [5, 5.41) is 2.13. The summed E-state index contributed by atoms with van der Waals surface area (Å²) in [4.78, 5) is 13.0. The average Bonchev–Trinajstić information content (AvgIpc) is 2.50. The van der Waals surface area contributed by atoms with E-state index in [1.54, 1.807) is 11.3 Å². The highest BCUT2D eigenvalue weighted by molar-refractivity contribution is 9.11. The van der Waals surface area contributed by atoms with Crippen molar-refractivity contribution in [3.8, 4) is 0 Å². The number of carbonyl (C=O) groups is 1. The third kappa shape index (κ3) is 4.45. The lowest BCUT2D eigenvalue weighted by Gasteiger charge is -2.24. The molecular formula is C11H16BrNOS. The predicted molar refractivity (Wildman–Crippen MR) is 68.2 cm³/mol. The molecule has 1 aromatic rings. The standard InChI is InChI=1S/C11H16BrNOS/c1-11(2,8-14)7-13(3)5-9-4-10(12)15-6-9/h4,6,8H,5,7H2,1-3H3. The van der Waals surface area contributed by atoms with Crippen molar-refractivity contribution in [2.24, 2.45) is 5.41 Å². The van der Waals surface area contributed by atoms with Crippen molar-refractivity contribution < 1.29 is 4.79 Å². The van der Waals surface area contributed by atoms with Gasteiger partial charge in [-0.25, -0.2) is 0 Å². The summed E-state index contributed by atoms with van der Waals surface area (Å²) in [6.45, 7) is 5.59. The second-order valence-electron chi connectivity index (χ2n) is 4.54. The molecule has 2 nitrogen and oxygen atoms in total. The second-order valence-corrected chi connectivity index (χ2v) is 6.83. The second kappa shape index (κ2) is 5.23. The zero-order chi connectivity index (χ0) is 11.5. The first kappa shape index (κ1) is 12.9. The highest BCUT2D eigenvalue weighted by Gasteiger charge is 2.19. The van der Waals surface area contributed by atoms with Crippen molar-refractivity contribution in [3.05, 3.63) is 20.8 Å². The minimum Gasteiger partial charge on any atom is -0.303 e. The van der Waals surface area contributed by atoms with Crippen LogP contribution in [0.2, 0.25) is 0 Å². The molecule has 0 spiro atoms. The van der Waals surface area contributed by atoms with Gasteiger partial charge in [-0.2, -0.15) is 0 Å². The van der Waals surface area contributed by atoms with Gasteiger partial charge in [0.15, 0.2) is 0 Å². The molecule has 0 amide bonds. The first-order chi connectivity index (χ1) is 6.93. The topological polar surface area (TPSA) is 20.3 Å². The van der Waals surface area contributed by atoms with Gasteiger partial charge in [-0.3, -0.25) is 0 Å². The summed E-state index contributed by atoms with van der Waals surface area (Å²) in [5.41, 5.74) is 1.03. The van der Waals surface area contributed by atoms with E-state index in [0.29, 0.717) is 0 Å². The zero-order valence-electron chi connectivity index (χ0n) is 9.29. The van der Waals surface area contributed by atoms with Crippen LogP contribution in [0.5, 0.6) is 0 Å². The van der Waals surface area contributed by atoms with E-state index >= 15 is 0 Å². The van der Waals surface area contributed by atoms with Gasteiger partial charge in [0.1, 0.15) is 6.29 Å². The normalized spacial score (nSPS) is 12.1. The summed E-state index contributed by atoms with van der Waals surface area (Å²) >= 11 is 5.13. The van der Waals surface area contributed by atoms with E-state index < -0.39 is 0 Å². The number of nitrogens with zero attached hydrogens (tertiary/aromatic N) is 1. The lowest BCUT2D eigenvalue weighted by molar-refractivity contribution is -0.115. The Balaban J connectivity index is 2.49. The zero-order valence-corrected chi connectivity index (χ0v) is 11.7. The van der Waals surface area contributed by atoms with E-state index in [1.807, 2.05) is 20.9 Å². The average molecular weight is 290 g/mol. The maximum Gasteiger partial charge on any atom is 0.126 e. The van der Waals surface area contributed by atoms with E-state index in [2.05, 4.69) is 32.3 Å². The molecule has 0 N–H and O–H groups in total. The Kier molecular flexibility index (Phi) is 4.49. The number of thiophene rings is 1. The van der Waals surface area contributed by atoms with Crippen LogP contribution in [-0.4, -0.2) is 24.8 Å². The molecule has 0 aliphatic heterocycles. The number of aldehydes is 1. The molecule has 0 saturated heterocycles. The maximum absolute atomic E-state index is 10.8. The van der Waals surface area contributed by atoms with Gasteiger partial charge in [-0.05, 0) is 40.0 Å². The Morgan fingerprint density at radius 2 is 2.27 bits per heavy atom. The van der Waals surface area contributed by atoms with Crippen LogP contribution in [0.15, 0.2) is 15.2 Å². The Morgan fingerprint density at radius 1 is 1.60 bits per heavy atom. The number of hydrogen-bond donors (Lipinski definition) is 0. The smallest absolute Gasteiger partial charge is 0.126 e. The van der Waals surface area contributed by atoms with Crippen molar-refractivity contribution in [2.75, 3.05) is 13.6 Å². The van der Waals surface area contributed by atoms with Crippen molar-refractivity contribution in [1.82, 2.24) is 4.90 Å². The van der Waals surface area contributed by atoms with E-state index in [1.165, 1.54) is 5.56 Å². The first-order valence-corrected chi connectivity index (χ1v) is 6.48. The molecule has 15 heavy (non-hydrogen) atoms. The molecule has 1 rings (SSSR count). The minimum absolute atomic E-state index is 0.262. The molecule has 0 fully saturated rings. The summed E-state index contributed by atoms with van der Waals surface area (Å²) in [5.74, 6) is 0. The summed E-state index contributed by atoms with van der Waals surface area (Å²) < 4.78 is 1.15. The van der Waals surface area contributed by atoms with Gasteiger partial charge in [-0.15, -0.1) is 11.3 Å². The van der Waals surface area contributed by atoms with Crippen molar-refractivity contribution in [2.45, 2.75) is 20.4 Å². The number of halogens is 1. The molecule has 0 unspecified atom stereocenters. The van der Waals surface area contributed by atoms with E-state index in [-0.39, 0.29) is 5.41 Å². The molecule has 1 aromatic heterocycles. The molecule has 84 valence electrons. The van der Waals surface area contributed by atoms with Crippen LogP contribution >= 0.6 is 27.3 Å². The monoisotopic (exact) mass is 289 g/mol. The van der Waals surface area contributed by atoms with Crippen LogP contribution in [0.1, 0.15) is 19.4 Å². The molecule has 0 aliphatic carbocycles. The molecule has 0 aliphatic rings. The largest absolute Gasteiger partial charge is 0.303 e. The van der Waals surface area contributed by atoms with E-state index in [4.69, 9.17) is 0 Å². The summed E-state index contributed by atoms with van der Waals surface area (Å²) in [6, 6.07) is 2.12. The van der Waals surface area contributed by atoms with Gasteiger partial charge in [0.2, 0.25) is 0 Å². The van der Waals surface area contributed by atoms with Crippen molar-refractivity contribution in [1.29, 1.82) is 0 Å². The molecular weight excluding hydrogens is 274 g/mol. The van der Waals surface area contributed by atoms with Crippen LogP contribution in [-0.2, 0) is 11.3 Å². The molecule has 0 radical (unpaired) electrons. The Morgan fingerprint density at radius 3 is 2.73 bits per heavy atom. The van der Waals surface area contributed by atoms with Crippen LogP contribution in [0.4, 0.5) is 0 Å². The summed E-state index contributed by atoms with van der Waals surface area (Å²) in [6.07, 6.45) is 1.02. The Labute approximate surface area is 103 Å². The molecule has 0 bridgehead atoms. The minimum atomic E-state index is -0.262. The van der Waals surface area contributed by atoms with Gasteiger partial charge in [0.05, 0.1) is 3.79 Å². The van der Waals surface area contributed by atoms with Gasteiger partial charge in [0, 0.05) is 18.5 Å². The van der Waals surface area contributed by atoms with Crippen LogP contribution in [0.25, 0.3) is 0 Å². The Hall–Kier alpha value is -0.190. The van der Waals surface area contributed by atoms with Crippen LogP contribution < -0.4 is 0 Å².